The first-order valence-electron chi connectivity index (χ1n) is 10.8. The van der Waals surface area contributed by atoms with E-state index in [0.29, 0.717) is 23.0 Å². The molecule has 2 aromatic heterocycles. The molecule has 4 aromatic rings. The maximum Gasteiger partial charge on any atom is 0.255 e. The molecule has 3 heterocycles. The molecular weight excluding hydrogens is 412 g/mol. The first-order valence-corrected chi connectivity index (χ1v) is 10.8. The number of carbonyl (C=O) groups is 1. The highest BCUT2D eigenvalue weighted by Gasteiger charge is 2.34. The van der Waals surface area contributed by atoms with Crippen molar-refractivity contribution in [2.75, 3.05) is 10.6 Å². The highest BCUT2D eigenvalue weighted by Crippen LogP contribution is 2.37. The molecule has 0 radical (unpaired) electrons. The van der Waals surface area contributed by atoms with Crippen LogP contribution in [0, 0.1) is 13.8 Å². The number of nitrogens with zero attached hydrogens (tertiary/aromatic N) is 4. The highest BCUT2D eigenvalue weighted by atomic mass is 16.1. The van der Waals surface area contributed by atoms with Gasteiger partial charge in [-0.1, -0.05) is 53.6 Å². The van der Waals surface area contributed by atoms with Crippen molar-refractivity contribution in [2.45, 2.75) is 26.8 Å². The Morgan fingerprint density at radius 3 is 2.52 bits per heavy atom. The number of allylic oxidation sites excluding steroid dienone is 1. The Balaban J connectivity index is 1.62. The summed E-state index contributed by atoms with van der Waals surface area (Å²) in [7, 11) is 0. The van der Waals surface area contributed by atoms with Gasteiger partial charge in [0.05, 0.1) is 17.5 Å². The molecule has 1 aliphatic heterocycles. The van der Waals surface area contributed by atoms with Crippen LogP contribution in [0.15, 0.2) is 84.3 Å². The largest absolute Gasteiger partial charge is 0.328 e. The molecule has 0 aliphatic carbocycles. The van der Waals surface area contributed by atoms with Crippen LogP contribution in [0.1, 0.15) is 29.7 Å². The lowest BCUT2D eigenvalue weighted by molar-refractivity contribution is -0.113. The second-order valence-electron chi connectivity index (χ2n) is 8.25. The first-order chi connectivity index (χ1) is 16.0. The van der Waals surface area contributed by atoms with E-state index in [-0.39, 0.29) is 5.91 Å². The molecule has 33 heavy (non-hydrogen) atoms. The molecule has 7 nitrogen and oxygen atoms in total. The standard InChI is InChI=1S/C26H24N6O/c1-16-7-4-9-19(13-16)23-22(25(33)29-21-11-6-12-27-15-21)18(3)28-26-30-24(31-32(23)26)20-10-5-8-17(2)14-20/h4-15,23H,1-3H3,(H,29,33)(H,28,30,31)/t23-/m0/s1. The molecule has 2 aromatic carbocycles. The lowest BCUT2D eigenvalue weighted by Crippen LogP contribution is -2.31. The van der Waals surface area contributed by atoms with E-state index in [0.717, 1.165) is 28.0 Å². The van der Waals surface area contributed by atoms with Crippen molar-refractivity contribution >= 4 is 17.5 Å². The van der Waals surface area contributed by atoms with E-state index in [9.17, 15) is 4.79 Å². The lowest BCUT2D eigenvalue weighted by atomic mass is 9.94. The number of hydrogen-bond acceptors (Lipinski definition) is 5. The number of aryl methyl sites for hydroxylation is 2. The van der Waals surface area contributed by atoms with Crippen LogP contribution in [0.4, 0.5) is 11.6 Å². The van der Waals surface area contributed by atoms with Crippen LogP contribution in [0.2, 0.25) is 0 Å². The van der Waals surface area contributed by atoms with Gasteiger partial charge in [-0.05, 0) is 44.5 Å². The van der Waals surface area contributed by atoms with Gasteiger partial charge < -0.3 is 10.6 Å². The lowest BCUT2D eigenvalue weighted by Gasteiger charge is -2.28. The summed E-state index contributed by atoms with van der Waals surface area (Å²) >= 11 is 0. The van der Waals surface area contributed by atoms with Crippen molar-refractivity contribution in [3.8, 4) is 11.4 Å². The number of pyridine rings is 1. The maximum absolute atomic E-state index is 13.5. The molecule has 5 rings (SSSR count). The van der Waals surface area contributed by atoms with Crippen molar-refractivity contribution in [1.29, 1.82) is 0 Å². The van der Waals surface area contributed by atoms with Crippen LogP contribution in [-0.4, -0.2) is 25.7 Å². The number of benzene rings is 2. The zero-order valence-corrected chi connectivity index (χ0v) is 18.7. The van der Waals surface area contributed by atoms with Crippen LogP contribution in [0.25, 0.3) is 11.4 Å². The molecule has 0 saturated carbocycles. The van der Waals surface area contributed by atoms with Gasteiger partial charge >= 0.3 is 0 Å². The molecule has 0 spiro atoms. The third-order valence-corrected chi connectivity index (χ3v) is 5.65. The normalized spacial score (nSPS) is 15.1. The Labute approximate surface area is 192 Å². The predicted molar refractivity (Wildman–Crippen MR) is 129 cm³/mol. The Hall–Kier alpha value is -4.26. The van der Waals surface area contributed by atoms with E-state index in [1.165, 1.54) is 0 Å². The molecule has 0 saturated heterocycles. The molecule has 164 valence electrons. The SMILES string of the molecule is CC1=C(C(=O)Nc2cccnc2)[C@H](c2cccc(C)c2)n2nc(-c3cccc(C)c3)nc2N1. The molecule has 1 aliphatic rings. The Kier molecular flexibility index (Phi) is 5.22. The van der Waals surface area contributed by atoms with Gasteiger partial charge in [0.1, 0.15) is 6.04 Å². The van der Waals surface area contributed by atoms with Gasteiger partial charge in [-0.25, -0.2) is 4.68 Å². The third kappa shape index (κ3) is 4.01. The summed E-state index contributed by atoms with van der Waals surface area (Å²) in [6.07, 6.45) is 3.30. The van der Waals surface area contributed by atoms with Gasteiger partial charge in [-0.3, -0.25) is 9.78 Å². The summed E-state index contributed by atoms with van der Waals surface area (Å²) in [5.41, 5.74) is 6.09. The first kappa shape index (κ1) is 20.6. The number of fused-ring (bicyclic) bond motifs is 1. The van der Waals surface area contributed by atoms with Gasteiger partial charge in [0.25, 0.3) is 5.91 Å². The monoisotopic (exact) mass is 436 g/mol. The summed E-state index contributed by atoms with van der Waals surface area (Å²) in [5, 5.41) is 11.1. The van der Waals surface area contributed by atoms with Gasteiger partial charge in [0.2, 0.25) is 5.95 Å². The minimum atomic E-state index is -0.427. The minimum Gasteiger partial charge on any atom is -0.328 e. The number of hydrogen-bond donors (Lipinski definition) is 2. The minimum absolute atomic E-state index is 0.210. The van der Waals surface area contributed by atoms with Gasteiger partial charge in [0.15, 0.2) is 5.82 Å². The van der Waals surface area contributed by atoms with Crippen molar-refractivity contribution in [3.05, 3.63) is 101 Å². The van der Waals surface area contributed by atoms with Crippen LogP contribution >= 0.6 is 0 Å². The van der Waals surface area contributed by atoms with Crippen LogP contribution < -0.4 is 10.6 Å². The molecule has 7 heteroatoms. The van der Waals surface area contributed by atoms with Gasteiger partial charge in [-0.15, -0.1) is 5.10 Å². The van der Waals surface area contributed by atoms with Gasteiger partial charge in [-0.2, -0.15) is 4.98 Å². The summed E-state index contributed by atoms with van der Waals surface area (Å²) in [6.45, 7) is 5.97. The average molecular weight is 437 g/mol. The van der Waals surface area contributed by atoms with Crippen LogP contribution in [0.5, 0.6) is 0 Å². The zero-order valence-electron chi connectivity index (χ0n) is 18.7. The third-order valence-electron chi connectivity index (χ3n) is 5.65. The number of nitrogens with one attached hydrogen (secondary N) is 2. The maximum atomic E-state index is 13.5. The molecule has 1 amide bonds. The number of aromatic nitrogens is 4. The Bertz CT molecular complexity index is 1370. The highest BCUT2D eigenvalue weighted by molar-refractivity contribution is 6.05. The van der Waals surface area contributed by atoms with E-state index in [1.807, 2.05) is 63.2 Å². The van der Waals surface area contributed by atoms with Crippen molar-refractivity contribution in [3.63, 3.8) is 0 Å². The molecule has 1 atom stereocenters. The van der Waals surface area contributed by atoms with E-state index in [1.54, 1.807) is 23.1 Å². The molecule has 0 fully saturated rings. The van der Waals surface area contributed by atoms with Crippen LogP contribution in [0.3, 0.4) is 0 Å². The van der Waals surface area contributed by atoms with E-state index >= 15 is 0 Å². The molecular formula is C26H24N6O. The van der Waals surface area contributed by atoms with E-state index in [2.05, 4.69) is 27.8 Å². The summed E-state index contributed by atoms with van der Waals surface area (Å²) < 4.78 is 1.80. The summed E-state index contributed by atoms with van der Waals surface area (Å²) in [5.74, 6) is 1.01. The van der Waals surface area contributed by atoms with Crippen molar-refractivity contribution in [2.24, 2.45) is 0 Å². The second kappa shape index (κ2) is 8.35. The quantitative estimate of drug-likeness (QED) is 0.476. The zero-order chi connectivity index (χ0) is 22.9. The Morgan fingerprint density at radius 2 is 1.79 bits per heavy atom. The van der Waals surface area contributed by atoms with E-state index in [4.69, 9.17) is 10.1 Å². The fourth-order valence-corrected chi connectivity index (χ4v) is 4.14. The summed E-state index contributed by atoms with van der Waals surface area (Å²) in [6, 6.07) is 19.4. The number of amides is 1. The van der Waals surface area contributed by atoms with Crippen molar-refractivity contribution < 1.29 is 4.79 Å². The Morgan fingerprint density at radius 1 is 1.00 bits per heavy atom. The number of carbonyl (C=O) groups excluding carboxylic acids is 1. The van der Waals surface area contributed by atoms with E-state index < -0.39 is 6.04 Å². The number of rotatable bonds is 4. The topological polar surface area (TPSA) is 84.7 Å². The van der Waals surface area contributed by atoms with Gasteiger partial charge in [0, 0.05) is 17.5 Å². The molecule has 0 bridgehead atoms. The number of anilines is 2. The smallest absolute Gasteiger partial charge is 0.255 e. The van der Waals surface area contributed by atoms with Crippen LogP contribution in [-0.2, 0) is 4.79 Å². The fraction of sp³-hybridized carbons (Fsp3) is 0.154. The molecule has 2 N–H and O–H groups in total. The predicted octanol–water partition coefficient (Wildman–Crippen LogP) is 4.88. The molecule has 0 unspecified atom stereocenters. The average Bonchev–Trinajstić information content (AvgIpc) is 3.22. The summed E-state index contributed by atoms with van der Waals surface area (Å²) in [4.78, 5) is 22.3. The second-order valence-corrected chi connectivity index (χ2v) is 8.25. The fourth-order valence-electron chi connectivity index (χ4n) is 4.14. The van der Waals surface area contributed by atoms with Crippen molar-refractivity contribution in [1.82, 2.24) is 19.7 Å².